The lowest BCUT2D eigenvalue weighted by Gasteiger charge is -2.04. The predicted octanol–water partition coefficient (Wildman–Crippen LogP) is 3.07. The van der Waals surface area contributed by atoms with E-state index in [2.05, 4.69) is 25.8 Å². The van der Waals surface area contributed by atoms with Crippen molar-refractivity contribution in [3.05, 3.63) is 21.4 Å². The number of hydrogen-bond donors (Lipinski definition) is 1. The monoisotopic (exact) mass is 208 g/mol. The van der Waals surface area contributed by atoms with Crippen LogP contribution < -0.4 is 0 Å². The SMILES string of the molecule is C#CCCC(O)c1cc(CC)c(C)s1. The van der Waals surface area contributed by atoms with Gasteiger partial charge in [0.15, 0.2) is 0 Å². The van der Waals surface area contributed by atoms with E-state index < -0.39 is 0 Å². The molecule has 0 spiro atoms. The van der Waals surface area contributed by atoms with E-state index in [1.807, 2.05) is 0 Å². The minimum absolute atomic E-state index is 0.380. The van der Waals surface area contributed by atoms with Crippen LogP contribution in [0.2, 0.25) is 0 Å². The van der Waals surface area contributed by atoms with E-state index >= 15 is 0 Å². The average Bonchev–Trinajstić information content (AvgIpc) is 2.56. The third-order valence-corrected chi connectivity index (χ3v) is 3.51. The fourth-order valence-electron chi connectivity index (χ4n) is 1.42. The lowest BCUT2D eigenvalue weighted by molar-refractivity contribution is 0.173. The Morgan fingerprint density at radius 3 is 2.86 bits per heavy atom. The molecule has 1 heterocycles. The van der Waals surface area contributed by atoms with Crippen molar-refractivity contribution in [2.24, 2.45) is 0 Å². The molecule has 0 aliphatic rings. The van der Waals surface area contributed by atoms with Crippen LogP contribution >= 0.6 is 11.3 Å². The van der Waals surface area contributed by atoms with Crippen LogP contribution in [0.3, 0.4) is 0 Å². The van der Waals surface area contributed by atoms with E-state index in [4.69, 9.17) is 6.42 Å². The largest absolute Gasteiger partial charge is 0.388 e. The number of thiophene rings is 1. The van der Waals surface area contributed by atoms with Crippen molar-refractivity contribution in [3.63, 3.8) is 0 Å². The van der Waals surface area contributed by atoms with Crippen molar-refractivity contribution in [2.75, 3.05) is 0 Å². The number of aliphatic hydroxyl groups excluding tert-OH is 1. The van der Waals surface area contributed by atoms with Gasteiger partial charge in [0, 0.05) is 16.2 Å². The zero-order valence-electron chi connectivity index (χ0n) is 8.71. The lowest BCUT2D eigenvalue weighted by Crippen LogP contribution is -1.93. The van der Waals surface area contributed by atoms with Gasteiger partial charge >= 0.3 is 0 Å². The third kappa shape index (κ3) is 2.60. The molecule has 1 unspecified atom stereocenters. The maximum Gasteiger partial charge on any atom is 0.0891 e. The molecule has 0 aromatic carbocycles. The first-order valence-corrected chi connectivity index (χ1v) is 5.71. The van der Waals surface area contributed by atoms with Gasteiger partial charge in [0.05, 0.1) is 6.10 Å². The van der Waals surface area contributed by atoms with Gasteiger partial charge in [-0.25, -0.2) is 0 Å². The molecular formula is C12H16OS. The van der Waals surface area contributed by atoms with Gasteiger partial charge in [0.1, 0.15) is 0 Å². The molecule has 14 heavy (non-hydrogen) atoms. The molecule has 76 valence electrons. The summed E-state index contributed by atoms with van der Waals surface area (Å²) < 4.78 is 0. The van der Waals surface area contributed by atoms with Gasteiger partial charge in [-0.1, -0.05) is 6.92 Å². The molecule has 1 aromatic rings. The van der Waals surface area contributed by atoms with E-state index in [9.17, 15) is 5.11 Å². The molecule has 0 aliphatic heterocycles. The maximum absolute atomic E-state index is 9.80. The number of hydrogen-bond acceptors (Lipinski definition) is 2. The first-order chi connectivity index (χ1) is 6.69. The van der Waals surface area contributed by atoms with E-state index in [1.165, 1.54) is 10.4 Å². The van der Waals surface area contributed by atoms with Crippen LogP contribution in [0.5, 0.6) is 0 Å². The van der Waals surface area contributed by atoms with Crippen LogP contribution in [-0.2, 0) is 6.42 Å². The second kappa shape index (κ2) is 5.19. The number of rotatable bonds is 4. The first kappa shape index (κ1) is 11.3. The molecule has 1 atom stereocenters. The van der Waals surface area contributed by atoms with Gasteiger partial charge in [-0.2, -0.15) is 0 Å². The molecule has 1 rings (SSSR count). The fraction of sp³-hybridized carbons (Fsp3) is 0.500. The Morgan fingerprint density at radius 1 is 1.64 bits per heavy atom. The Hall–Kier alpha value is -0.780. The Morgan fingerprint density at radius 2 is 2.36 bits per heavy atom. The Kier molecular flexibility index (Phi) is 4.19. The van der Waals surface area contributed by atoms with Gasteiger partial charge in [-0.15, -0.1) is 23.7 Å². The highest BCUT2D eigenvalue weighted by Crippen LogP contribution is 2.29. The standard InChI is InChI=1S/C12H16OS/c1-4-6-7-11(13)12-8-10(5-2)9(3)14-12/h1,8,11,13H,5-7H2,2-3H3. The van der Waals surface area contributed by atoms with Crippen molar-refractivity contribution in [1.29, 1.82) is 0 Å². The second-order valence-electron chi connectivity index (χ2n) is 3.34. The smallest absolute Gasteiger partial charge is 0.0891 e. The maximum atomic E-state index is 9.80. The highest BCUT2D eigenvalue weighted by molar-refractivity contribution is 7.12. The molecule has 0 saturated heterocycles. The van der Waals surface area contributed by atoms with Gasteiger partial charge in [0.2, 0.25) is 0 Å². The second-order valence-corrected chi connectivity index (χ2v) is 4.63. The van der Waals surface area contributed by atoms with Gasteiger partial charge in [-0.3, -0.25) is 0 Å². The zero-order chi connectivity index (χ0) is 10.6. The summed E-state index contributed by atoms with van der Waals surface area (Å²) in [5.41, 5.74) is 1.34. The molecule has 1 nitrogen and oxygen atoms in total. The van der Waals surface area contributed by atoms with Crippen LogP contribution in [0, 0.1) is 19.3 Å². The molecular weight excluding hydrogens is 192 g/mol. The van der Waals surface area contributed by atoms with Crippen LogP contribution in [0.1, 0.15) is 41.2 Å². The summed E-state index contributed by atoms with van der Waals surface area (Å²) in [6, 6.07) is 2.10. The summed E-state index contributed by atoms with van der Waals surface area (Å²) in [6.07, 6.45) is 7.12. The van der Waals surface area contributed by atoms with Crippen molar-refractivity contribution in [2.45, 2.75) is 39.2 Å². The molecule has 0 fully saturated rings. The third-order valence-electron chi connectivity index (χ3n) is 2.31. The van der Waals surface area contributed by atoms with Crippen molar-refractivity contribution in [1.82, 2.24) is 0 Å². The number of aliphatic hydroxyl groups is 1. The normalized spacial score (nSPS) is 12.4. The van der Waals surface area contributed by atoms with Crippen molar-refractivity contribution >= 4 is 11.3 Å². The summed E-state index contributed by atoms with van der Waals surface area (Å²) in [4.78, 5) is 2.36. The molecule has 0 saturated carbocycles. The van der Waals surface area contributed by atoms with Crippen LogP contribution in [0.4, 0.5) is 0 Å². The molecule has 2 heteroatoms. The van der Waals surface area contributed by atoms with Crippen LogP contribution in [0.15, 0.2) is 6.07 Å². The summed E-state index contributed by atoms with van der Waals surface area (Å²) in [6.45, 7) is 4.23. The molecule has 0 amide bonds. The average molecular weight is 208 g/mol. The minimum atomic E-state index is -0.380. The van der Waals surface area contributed by atoms with Gasteiger partial charge in [0.25, 0.3) is 0 Å². The molecule has 0 aliphatic carbocycles. The summed E-state index contributed by atoms with van der Waals surface area (Å²) in [5.74, 6) is 2.55. The molecule has 1 aromatic heterocycles. The summed E-state index contributed by atoms with van der Waals surface area (Å²) in [7, 11) is 0. The molecule has 0 radical (unpaired) electrons. The Labute approximate surface area is 89.8 Å². The Balaban J connectivity index is 2.71. The highest BCUT2D eigenvalue weighted by Gasteiger charge is 2.11. The quantitative estimate of drug-likeness (QED) is 0.754. The van der Waals surface area contributed by atoms with Gasteiger partial charge < -0.3 is 5.11 Å². The predicted molar refractivity (Wildman–Crippen MR) is 61.5 cm³/mol. The number of terminal acetylenes is 1. The fourth-order valence-corrected chi connectivity index (χ4v) is 2.57. The first-order valence-electron chi connectivity index (χ1n) is 4.89. The van der Waals surface area contributed by atoms with E-state index in [1.54, 1.807) is 11.3 Å². The van der Waals surface area contributed by atoms with Crippen molar-refractivity contribution < 1.29 is 5.11 Å². The highest BCUT2D eigenvalue weighted by atomic mass is 32.1. The van der Waals surface area contributed by atoms with Crippen LogP contribution in [0.25, 0.3) is 0 Å². The lowest BCUT2D eigenvalue weighted by atomic mass is 10.1. The number of aryl methyl sites for hydroxylation is 2. The molecule has 0 bridgehead atoms. The van der Waals surface area contributed by atoms with Crippen LogP contribution in [-0.4, -0.2) is 5.11 Å². The summed E-state index contributed by atoms with van der Waals surface area (Å²) >= 11 is 1.68. The Bertz CT molecular complexity index is 333. The van der Waals surface area contributed by atoms with E-state index in [0.29, 0.717) is 12.8 Å². The topological polar surface area (TPSA) is 20.2 Å². The van der Waals surface area contributed by atoms with Gasteiger partial charge in [-0.05, 0) is 31.4 Å². The molecule has 1 N–H and O–H groups in total. The van der Waals surface area contributed by atoms with Crippen molar-refractivity contribution in [3.8, 4) is 12.3 Å². The van der Waals surface area contributed by atoms with E-state index in [-0.39, 0.29) is 6.10 Å². The summed E-state index contributed by atoms with van der Waals surface area (Å²) in [5, 5.41) is 9.80. The van der Waals surface area contributed by atoms with E-state index in [0.717, 1.165) is 11.3 Å². The zero-order valence-corrected chi connectivity index (χ0v) is 9.53. The minimum Gasteiger partial charge on any atom is -0.388 e.